The molecule has 146 valence electrons. The maximum Gasteiger partial charge on any atom is 0.140 e. The predicted octanol–water partition coefficient (Wildman–Crippen LogP) is 5.15. The Kier molecular flexibility index (Phi) is 5.57. The first-order valence-corrected chi connectivity index (χ1v) is 10.1. The number of fused-ring (bicyclic) bond motifs is 1. The summed E-state index contributed by atoms with van der Waals surface area (Å²) in [6, 6.07) is 13.6. The number of nitriles is 1. The molecule has 1 saturated heterocycles. The molecule has 7 heteroatoms. The van der Waals surface area contributed by atoms with Gasteiger partial charge in [-0.3, -0.25) is 0 Å². The van der Waals surface area contributed by atoms with Crippen LogP contribution in [-0.2, 0) is 0 Å². The average molecular weight is 424 g/mol. The van der Waals surface area contributed by atoms with Crippen molar-refractivity contribution in [2.45, 2.75) is 13.0 Å². The molecular weight excluding hydrogens is 405 g/mol. The average Bonchev–Trinajstić information content (AvgIpc) is 2.74. The Morgan fingerprint density at radius 3 is 2.66 bits per heavy atom. The number of hydrogen-bond donors (Lipinski definition) is 0. The number of allylic oxidation sites excluding steroid dienone is 1. The second kappa shape index (κ2) is 8.28. The lowest BCUT2D eigenvalue weighted by Crippen LogP contribution is -2.50. The van der Waals surface area contributed by atoms with Gasteiger partial charge in [-0.25, -0.2) is 9.97 Å². The lowest BCUT2D eigenvalue weighted by molar-refractivity contribution is 0.294. The van der Waals surface area contributed by atoms with Crippen molar-refractivity contribution in [2.24, 2.45) is 0 Å². The smallest absolute Gasteiger partial charge is 0.140 e. The van der Waals surface area contributed by atoms with Gasteiger partial charge in [0.15, 0.2) is 0 Å². The molecule has 1 atom stereocenters. The number of hydrogen-bond acceptors (Lipinski definition) is 5. The molecule has 5 nitrogen and oxygen atoms in total. The molecule has 2 aromatic carbocycles. The predicted molar refractivity (Wildman–Crippen MR) is 118 cm³/mol. The van der Waals surface area contributed by atoms with Crippen molar-refractivity contribution in [2.75, 3.05) is 24.5 Å². The molecule has 1 aromatic heterocycles. The largest absolute Gasteiger partial charge is 0.359 e. The monoisotopic (exact) mass is 423 g/mol. The highest BCUT2D eigenvalue weighted by molar-refractivity contribution is 6.34. The van der Waals surface area contributed by atoms with E-state index in [0.29, 0.717) is 16.6 Å². The van der Waals surface area contributed by atoms with Crippen molar-refractivity contribution in [3.8, 4) is 17.2 Å². The topological polar surface area (TPSA) is 56.1 Å². The van der Waals surface area contributed by atoms with Gasteiger partial charge in [0.05, 0.1) is 23.2 Å². The molecule has 0 unspecified atom stereocenters. The molecule has 0 bridgehead atoms. The molecule has 0 N–H and O–H groups in total. The van der Waals surface area contributed by atoms with Crippen molar-refractivity contribution in [1.82, 2.24) is 14.9 Å². The number of nitrogens with zero attached hydrogens (tertiary/aromatic N) is 5. The van der Waals surface area contributed by atoms with Crippen LogP contribution in [0.2, 0.25) is 10.0 Å². The molecule has 1 fully saturated rings. The third-order valence-electron chi connectivity index (χ3n) is 5.07. The zero-order chi connectivity index (χ0) is 20.4. The van der Waals surface area contributed by atoms with E-state index in [1.165, 1.54) is 0 Å². The number of piperazine rings is 1. The first-order chi connectivity index (χ1) is 14.1. The molecule has 0 saturated carbocycles. The molecule has 4 rings (SSSR count). The molecule has 1 aliphatic rings. The van der Waals surface area contributed by atoms with E-state index in [9.17, 15) is 5.26 Å². The Morgan fingerprint density at radius 1 is 1.14 bits per heavy atom. The second-order valence-corrected chi connectivity index (χ2v) is 7.71. The van der Waals surface area contributed by atoms with Gasteiger partial charge in [0.1, 0.15) is 18.2 Å². The summed E-state index contributed by atoms with van der Waals surface area (Å²) < 4.78 is 0. The molecule has 0 radical (unpaired) electrons. The lowest BCUT2D eigenvalue weighted by atomic mass is 10.0. The lowest BCUT2D eigenvalue weighted by Gasteiger charge is -2.38. The first-order valence-electron chi connectivity index (χ1n) is 9.34. The van der Waals surface area contributed by atoms with Crippen LogP contribution in [0.5, 0.6) is 0 Å². The molecule has 2 heterocycles. The van der Waals surface area contributed by atoms with E-state index in [0.717, 1.165) is 40.9 Å². The van der Waals surface area contributed by atoms with E-state index in [4.69, 9.17) is 23.2 Å². The van der Waals surface area contributed by atoms with Gasteiger partial charge in [-0.05, 0) is 43.0 Å². The van der Waals surface area contributed by atoms with Gasteiger partial charge >= 0.3 is 0 Å². The highest BCUT2D eigenvalue weighted by Crippen LogP contribution is 2.35. The first kappa shape index (κ1) is 19.5. The van der Waals surface area contributed by atoms with Crippen molar-refractivity contribution in [3.05, 3.63) is 65.0 Å². The van der Waals surface area contributed by atoms with Crippen molar-refractivity contribution in [1.29, 1.82) is 5.26 Å². The summed E-state index contributed by atoms with van der Waals surface area (Å²) in [5.41, 5.74) is 2.65. The summed E-state index contributed by atoms with van der Waals surface area (Å²) in [4.78, 5) is 13.2. The van der Waals surface area contributed by atoms with Gasteiger partial charge in [0.25, 0.3) is 0 Å². The van der Waals surface area contributed by atoms with Gasteiger partial charge < -0.3 is 9.80 Å². The van der Waals surface area contributed by atoms with Crippen LogP contribution in [0.1, 0.15) is 6.92 Å². The minimum absolute atomic E-state index is 0.229. The van der Waals surface area contributed by atoms with Crippen molar-refractivity contribution >= 4 is 39.9 Å². The van der Waals surface area contributed by atoms with Crippen LogP contribution >= 0.6 is 23.2 Å². The number of halogens is 2. The fraction of sp³-hybridized carbons (Fsp3) is 0.227. The normalized spacial score (nSPS) is 17.1. The molecule has 1 aliphatic heterocycles. The third-order valence-corrected chi connectivity index (χ3v) is 5.63. The summed E-state index contributed by atoms with van der Waals surface area (Å²) in [6.07, 6.45) is 5.48. The van der Waals surface area contributed by atoms with Crippen molar-refractivity contribution < 1.29 is 0 Å². The number of rotatable bonds is 3. The molecule has 3 aromatic rings. The van der Waals surface area contributed by atoms with Crippen LogP contribution < -0.4 is 4.90 Å². The third kappa shape index (κ3) is 3.87. The van der Waals surface area contributed by atoms with Crippen LogP contribution in [0.15, 0.2) is 55.0 Å². The highest BCUT2D eigenvalue weighted by Gasteiger charge is 2.26. The van der Waals surface area contributed by atoms with Gasteiger partial charge in [-0.2, -0.15) is 5.26 Å². The molecule has 29 heavy (non-hydrogen) atoms. The second-order valence-electron chi connectivity index (χ2n) is 6.86. The summed E-state index contributed by atoms with van der Waals surface area (Å²) in [5, 5.41) is 11.8. The van der Waals surface area contributed by atoms with Crippen molar-refractivity contribution in [3.63, 3.8) is 0 Å². The van der Waals surface area contributed by atoms with Crippen LogP contribution in [0.3, 0.4) is 0 Å². The quantitative estimate of drug-likeness (QED) is 0.582. The number of anilines is 1. The van der Waals surface area contributed by atoms with E-state index in [1.54, 1.807) is 6.33 Å². The van der Waals surface area contributed by atoms with E-state index >= 15 is 0 Å². The van der Waals surface area contributed by atoms with Crippen LogP contribution in [0.4, 0.5) is 5.82 Å². The van der Waals surface area contributed by atoms with E-state index in [2.05, 4.69) is 25.8 Å². The van der Waals surface area contributed by atoms with E-state index in [1.807, 2.05) is 55.6 Å². The SMILES string of the molecule is CC=CN1CCN(c2ncnc3cc(Cl)c(-c4ccc(Cl)cc4)cc23)C[C@H]1C#N. The molecular formula is C22H19Cl2N5. The fourth-order valence-corrected chi connectivity index (χ4v) is 4.03. The van der Waals surface area contributed by atoms with Gasteiger partial charge in [-0.15, -0.1) is 0 Å². The van der Waals surface area contributed by atoms with Crippen LogP contribution in [0, 0.1) is 11.3 Å². The summed E-state index contributed by atoms with van der Waals surface area (Å²) in [7, 11) is 0. The number of aromatic nitrogens is 2. The van der Waals surface area contributed by atoms with Gasteiger partial charge in [0.2, 0.25) is 0 Å². The Morgan fingerprint density at radius 2 is 1.93 bits per heavy atom. The molecule has 0 amide bonds. The summed E-state index contributed by atoms with van der Waals surface area (Å²) >= 11 is 12.6. The zero-order valence-electron chi connectivity index (χ0n) is 15.9. The van der Waals surface area contributed by atoms with Crippen LogP contribution in [0.25, 0.3) is 22.0 Å². The Hall–Kier alpha value is -2.81. The minimum atomic E-state index is -0.229. The number of benzene rings is 2. The standard InChI is InChI=1S/C22H19Cl2N5/c1-2-7-28-8-9-29(13-17(28)12-25)22-19-10-18(15-3-5-16(23)6-4-15)20(24)11-21(19)26-14-27-22/h2-7,10-11,14,17H,8-9,13H2,1H3/t17-/m1/s1. The Labute approximate surface area is 179 Å². The Bertz CT molecular complexity index is 1100. The fourth-order valence-electron chi connectivity index (χ4n) is 3.64. The molecule has 0 spiro atoms. The molecule has 0 aliphatic carbocycles. The summed E-state index contributed by atoms with van der Waals surface area (Å²) in [6.45, 7) is 4.06. The van der Waals surface area contributed by atoms with Gasteiger partial charge in [0, 0.05) is 29.1 Å². The minimum Gasteiger partial charge on any atom is -0.359 e. The van der Waals surface area contributed by atoms with E-state index in [-0.39, 0.29) is 6.04 Å². The Balaban J connectivity index is 1.76. The summed E-state index contributed by atoms with van der Waals surface area (Å²) in [5.74, 6) is 0.822. The highest BCUT2D eigenvalue weighted by atomic mass is 35.5. The maximum absolute atomic E-state index is 9.60. The maximum atomic E-state index is 9.60. The van der Waals surface area contributed by atoms with E-state index < -0.39 is 0 Å². The van der Waals surface area contributed by atoms with Gasteiger partial charge in [-0.1, -0.05) is 41.4 Å². The van der Waals surface area contributed by atoms with Crippen LogP contribution in [-0.4, -0.2) is 40.5 Å². The zero-order valence-corrected chi connectivity index (χ0v) is 17.4.